The van der Waals surface area contributed by atoms with Gasteiger partial charge in [-0.3, -0.25) is 0 Å². The van der Waals surface area contributed by atoms with Crippen molar-refractivity contribution < 1.29 is 0 Å². The number of nitrogens with zero attached hydrogens (tertiary/aromatic N) is 1. The van der Waals surface area contributed by atoms with Gasteiger partial charge in [-0.05, 0) is 25.6 Å². The SMILES string of the molecule is CCN(CC)CCNC(C)c1ccccc1. The molecule has 0 radical (unpaired) electrons. The molecule has 90 valence electrons. The van der Waals surface area contributed by atoms with E-state index in [-0.39, 0.29) is 0 Å². The highest BCUT2D eigenvalue weighted by Crippen LogP contribution is 2.10. The maximum Gasteiger partial charge on any atom is 0.0292 e. The number of likely N-dealkylation sites (N-methyl/N-ethyl adjacent to an activating group) is 1. The van der Waals surface area contributed by atoms with Gasteiger partial charge in [0.2, 0.25) is 0 Å². The maximum absolute atomic E-state index is 3.56. The van der Waals surface area contributed by atoms with Gasteiger partial charge in [-0.15, -0.1) is 0 Å². The second-order valence-electron chi connectivity index (χ2n) is 4.11. The van der Waals surface area contributed by atoms with Crippen molar-refractivity contribution in [2.24, 2.45) is 0 Å². The Morgan fingerprint density at radius 3 is 2.31 bits per heavy atom. The number of nitrogens with one attached hydrogen (secondary N) is 1. The minimum absolute atomic E-state index is 0.441. The first kappa shape index (κ1) is 13.2. The molecule has 0 amide bonds. The smallest absolute Gasteiger partial charge is 0.0292 e. The first-order valence-electron chi connectivity index (χ1n) is 6.28. The average molecular weight is 220 g/mol. The van der Waals surface area contributed by atoms with E-state index in [4.69, 9.17) is 0 Å². The van der Waals surface area contributed by atoms with Crippen molar-refractivity contribution in [3.8, 4) is 0 Å². The van der Waals surface area contributed by atoms with E-state index in [0.29, 0.717) is 6.04 Å². The number of rotatable bonds is 7. The van der Waals surface area contributed by atoms with Gasteiger partial charge in [0, 0.05) is 19.1 Å². The molecule has 1 rings (SSSR count). The Kier molecular flexibility index (Phi) is 6.12. The number of benzene rings is 1. The highest BCUT2D eigenvalue weighted by molar-refractivity contribution is 5.17. The summed E-state index contributed by atoms with van der Waals surface area (Å²) in [6.07, 6.45) is 0. The second-order valence-corrected chi connectivity index (χ2v) is 4.11. The summed E-state index contributed by atoms with van der Waals surface area (Å²) in [4.78, 5) is 2.44. The minimum atomic E-state index is 0.441. The molecule has 0 aliphatic rings. The molecule has 0 bridgehead atoms. The van der Waals surface area contributed by atoms with E-state index >= 15 is 0 Å². The van der Waals surface area contributed by atoms with Crippen LogP contribution in [0.4, 0.5) is 0 Å². The summed E-state index contributed by atoms with van der Waals surface area (Å²) in [5, 5.41) is 3.56. The van der Waals surface area contributed by atoms with Crippen molar-refractivity contribution in [3.05, 3.63) is 35.9 Å². The van der Waals surface area contributed by atoms with E-state index in [2.05, 4.69) is 61.3 Å². The normalized spacial score (nSPS) is 13.0. The average Bonchev–Trinajstić information content (AvgIpc) is 2.35. The molecule has 0 saturated carbocycles. The lowest BCUT2D eigenvalue weighted by Gasteiger charge is -2.20. The first-order valence-corrected chi connectivity index (χ1v) is 6.28. The summed E-state index contributed by atoms with van der Waals surface area (Å²) in [6.45, 7) is 11.1. The zero-order valence-corrected chi connectivity index (χ0v) is 10.7. The molecule has 2 heteroatoms. The van der Waals surface area contributed by atoms with Crippen molar-refractivity contribution in [1.29, 1.82) is 0 Å². The van der Waals surface area contributed by atoms with Gasteiger partial charge in [-0.2, -0.15) is 0 Å². The Balaban J connectivity index is 2.28. The van der Waals surface area contributed by atoms with Gasteiger partial charge in [0.05, 0.1) is 0 Å². The molecule has 2 nitrogen and oxygen atoms in total. The third kappa shape index (κ3) is 4.33. The van der Waals surface area contributed by atoms with Crippen LogP contribution in [-0.2, 0) is 0 Å². The van der Waals surface area contributed by atoms with Crippen LogP contribution in [0.5, 0.6) is 0 Å². The van der Waals surface area contributed by atoms with Crippen LogP contribution in [0.3, 0.4) is 0 Å². The summed E-state index contributed by atoms with van der Waals surface area (Å²) < 4.78 is 0. The van der Waals surface area contributed by atoms with Crippen LogP contribution in [0.25, 0.3) is 0 Å². The van der Waals surface area contributed by atoms with Crippen LogP contribution >= 0.6 is 0 Å². The molecular formula is C14H24N2. The van der Waals surface area contributed by atoms with E-state index in [1.54, 1.807) is 0 Å². The lowest BCUT2D eigenvalue weighted by atomic mass is 10.1. The lowest BCUT2D eigenvalue weighted by Crippen LogP contribution is -2.32. The van der Waals surface area contributed by atoms with E-state index in [0.717, 1.165) is 26.2 Å². The van der Waals surface area contributed by atoms with Gasteiger partial charge in [-0.1, -0.05) is 44.2 Å². The zero-order chi connectivity index (χ0) is 11.8. The van der Waals surface area contributed by atoms with Gasteiger partial charge < -0.3 is 10.2 Å². The van der Waals surface area contributed by atoms with Crippen LogP contribution in [0, 0.1) is 0 Å². The molecule has 1 unspecified atom stereocenters. The molecule has 1 aromatic carbocycles. The summed E-state index contributed by atoms with van der Waals surface area (Å²) >= 11 is 0. The fraction of sp³-hybridized carbons (Fsp3) is 0.571. The van der Waals surface area contributed by atoms with Gasteiger partial charge in [-0.25, -0.2) is 0 Å². The van der Waals surface area contributed by atoms with Crippen molar-refractivity contribution in [2.45, 2.75) is 26.8 Å². The molecule has 1 atom stereocenters. The molecule has 0 aliphatic heterocycles. The first-order chi connectivity index (χ1) is 7.77. The lowest BCUT2D eigenvalue weighted by molar-refractivity contribution is 0.298. The fourth-order valence-corrected chi connectivity index (χ4v) is 1.84. The van der Waals surface area contributed by atoms with Crippen LogP contribution < -0.4 is 5.32 Å². The quantitative estimate of drug-likeness (QED) is 0.760. The Morgan fingerprint density at radius 2 is 1.75 bits per heavy atom. The van der Waals surface area contributed by atoms with Gasteiger partial charge >= 0.3 is 0 Å². The number of hydrogen-bond acceptors (Lipinski definition) is 2. The molecule has 0 fully saturated rings. The van der Waals surface area contributed by atoms with Crippen LogP contribution in [0.1, 0.15) is 32.4 Å². The third-order valence-electron chi connectivity index (χ3n) is 3.07. The molecule has 0 heterocycles. The Hall–Kier alpha value is -0.860. The van der Waals surface area contributed by atoms with Gasteiger partial charge in [0.25, 0.3) is 0 Å². The van der Waals surface area contributed by atoms with Crippen molar-refractivity contribution >= 4 is 0 Å². The Labute approximate surface area is 99.7 Å². The highest BCUT2D eigenvalue weighted by Gasteiger charge is 2.04. The minimum Gasteiger partial charge on any atom is -0.309 e. The molecule has 16 heavy (non-hydrogen) atoms. The monoisotopic (exact) mass is 220 g/mol. The Bertz CT molecular complexity index is 267. The summed E-state index contributed by atoms with van der Waals surface area (Å²) in [5.74, 6) is 0. The van der Waals surface area contributed by atoms with Crippen LogP contribution in [0.2, 0.25) is 0 Å². The van der Waals surface area contributed by atoms with E-state index in [1.165, 1.54) is 5.56 Å². The van der Waals surface area contributed by atoms with E-state index in [1.807, 2.05) is 0 Å². The standard InChI is InChI=1S/C14H24N2/c1-4-16(5-2)12-11-15-13(3)14-9-7-6-8-10-14/h6-10,13,15H,4-5,11-12H2,1-3H3. The Morgan fingerprint density at radius 1 is 1.12 bits per heavy atom. The number of hydrogen-bond donors (Lipinski definition) is 1. The van der Waals surface area contributed by atoms with Crippen LogP contribution in [-0.4, -0.2) is 31.1 Å². The molecule has 0 spiro atoms. The van der Waals surface area contributed by atoms with Gasteiger partial charge in [0.15, 0.2) is 0 Å². The summed E-state index contributed by atoms with van der Waals surface area (Å²) in [6, 6.07) is 11.0. The zero-order valence-electron chi connectivity index (χ0n) is 10.7. The largest absolute Gasteiger partial charge is 0.309 e. The predicted octanol–water partition coefficient (Wildman–Crippen LogP) is 2.68. The van der Waals surface area contributed by atoms with E-state index < -0.39 is 0 Å². The summed E-state index contributed by atoms with van der Waals surface area (Å²) in [7, 11) is 0. The van der Waals surface area contributed by atoms with Crippen molar-refractivity contribution in [2.75, 3.05) is 26.2 Å². The summed E-state index contributed by atoms with van der Waals surface area (Å²) in [5.41, 5.74) is 1.36. The molecule has 0 aromatic heterocycles. The molecule has 1 aromatic rings. The van der Waals surface area contributed by atoms with Crippen molar-refractivity contribution in [1.82, 2.24) is 10.2 Å². The van der Waals surface area contributed by atoms with Gasteiger partial charge in [0.1, 0.15) is 0 Å². The molecule has 1 N–H and O–H groups in total. The highest BCUT2D eigenvalue weighted by atomic mass is 15.1. The fourth-order valence-electron chi connectivity index (χ4n) is 1.84. The second kappa shape index (κ2) is 7.42. The van der Waals surface area contributed by atoms with E-state index in [9.17, 15) is 0 Å². The van der Waals surface area contributed by atoms with Crippen molar-refractivity contribution in [3.63, 3.8) is 0 Å². The third-order valence-corrected chi connectivity index (χ3v) is 3.07. The molecular weight excluding hydrogens is 196 g/mol. The molecule has 0 aliphatic carbocycles. The maximum atomic E-state index is 3.56. The molecule has 0 saturated heterocycles. The topological polar surface area (TPSA) is 15.3 Å². The predicted molar refractivity (Wildman–Crippen MR) is 70.6 cm³/mol. The van der Waals surface area contributed by atoms with Crippen LogP contribution in [0.15, 0.2) is 30.3 Å².